The maximum atomic E-state index is 12.3. The van der Waals surface area contributed by atoms with Gasteiger partial charge in [0.1, 0.15) is 5.76 Å². The van der Waals surface area contributed by atoms with E-state index < -0.39 is 0 Å². The topological polar surface area (TPSA) is 55.1 Å². The van der Waals surface area contributed by atoms with Crippen molar-refractivity contribution in [3.63, 3.8) is 0 Å². The van der Waals surface area contributed by atoms with E-state index in [2.05, 4.69) is 10.3 Å². The second-order valence-electron chi connectivity index (χ2n) is 5.72. The maximum Gasteiger partial charge on any atom is 0.287 e. The van der Waals surface area contributed by atoms with Gasteiger partial charge in [0.15, 0.2) is 5.76 Å². The number of benzene rings is 2. The van der Waals surface area contributed by atoms with Crippen LogP contribution in [-0.4, -0.2) is 17.4 Å². The second-order valence-corrected chi connectivity index (χ2v) is 7.25. The van der Waals surface area contributed by atoms with E-state index in [1.54, 1.807) is 29.5 Å². The van der Waals surface area contributed by atoms with Crippen LogP contribution in [0.15, 0.2) is 65.1 Å². The summed E-state index contributed by atoms with van der Waals surface area (Å²) < 4.78 is 6.81. The van der Waals surface area contributed by atoms with Gasteiger partial charge in [-0.15, -0.1) is 11.3 Å². The molecular weight excluding hydrogens is 368 g/mol. The number of para-hydroxylation sites is 1. The number of amides is 1. The number of aromatic nitrogens is 1. The summed E-state index contributed by atoms with van der Waals surface area (Å²) in [6, 6.07) is 18.8. The number of nitrogens with zero attached hydrogens (tertiary/aromatic N) is 1. The molecule has 6 heteroatoms. The van der Waals surface area contributed by atoms with Crippen LogP contribution in [0.2, 0.25) is 5.02 Å². The first-order chi connectivity index (χ1) is 12.7. The van der Waals surface area contributed by atoms with E-state index in [0.29, 0.717) is 23.7 Å². The Morgan fingerprint density at radius 1 is 1.08 bits per heavy atom. The summed E-state index contributed by atoms with van der Waals surface area (Å²) in [6.45, 7) is 0.501. The summed E-state index contributed by atoms with van der Waals surface area (Å²) in [5.41, 5.74) is 1.76. The Labute approximate surface area is 159 Å². The molecular formula is C20H15ClN2O2S. The van der Waals surface area contributed by atoms with Crippen LogP contribution in [0.1, 0.15) is 15.6 Å². The van der Waals surface area contributed by atoms with Crippen LogP contribution in [0.3, 0.4) is 0 Å². The molecule has 2 heterocycles. The highest BCUT2D eigenvalue weighted by Crippen LogP contribution is 2.29. The summed E-state index contributed by atoms with van der Waals surface area (Å²) in [5.74, 6) is 0.598. The summed E-state index contributed by atoms with van der Waals surface area (Å²) in [7, 11) is 0. The molecule has 2 aromatic carbocycles. The van der Waals surface area contributed by atoms with Gasteiger partial charge < -0.3 is 9.73 Å². The van der Waals surface area contributed by atoms with Gasteiger partial charge in [0.05, 0.1) is 20.2 Å². The first-order valence-electron chi connectivity index (χ1n) is 8.18. The molecule has 0 radical (unpaired) electrons. The van der Waals surface area contributed by atoms with Crippen LogP contribution in [0.4, 0.5) is 0 Å². The van der Waals surface area contributed by atoms with Gasteiger partial charge in [0, 0.05) is 18.5 Å². The zero-order valence-corrected chi connectivity index (χ0v) is 15.3. The number of hydrogen-bond donors (Lipinski definition) is 1. The molecule has 0 unspecified atom stereocenters. The predicted molar refractivity (Wildman–Crippen MR) is 105 cm³/mol. The molecule has 0 aliphatic rings. The first kappa shape index (κ1) is 16.8. The molecule has 4 aromatic rings. The molecule has 0 spiro atoms. The van der Waals surface area contributed by atoms with Crippen molar-refractivity contribution in [3.05, 3.63) is 76.5 Å². The number of rotatable bonds is 5. The van der Waals surface area contributed by atoms with E-state index >= 15 is 0 Å². The Hall–Kier alpha value is -2.63. The highest BCUT2D eigenvalue weighted by Gasteiger charge is 2.13. The lowest BCUT2D eigenvalue weighted by atomic mass is 10.2. The highest BCUT2D eigenvalue weighted by atomic mass is 35.5. The van der Waals surface area contributed by atoms with Gasteiger partial charge in [-0.3, -0.25) is 4.79 Å². The lowest BCUT2D eigenvalue weighted by Crippen LogP contribution is -2.25. The van der Waals surface area contributed by atoms with E-state index in [4.69, 9.17) is 16.0 Å². The summed E-state index contributed by atoms with van der Waals surface area (Å²) in [4.78, 5) is 16.8. The second kappa shape index (κ2) is 7.32. The first-order valence-corrected chi connectivity index (χ1v) is 9.37. The molecule has 4 nitrogen and oxygen atoms in total. The van der Waals surface area contributed by atoms with Gasteiger partial charge in [-0.2, -0.15) is 0 Å². The van der Waals surface area contributed by atoms with Gasteiger partial charge in [0.25, 0.3) is 5.91 Å². The van der Waals surface area contributed by atoms with Gasteiger partial charge in [-0.1, -0.05) is 35.9 Å². The van der Waals surface area contributed by atoms with E-state index in [0.717, 1.165) is 20.8 Å². The molecule has 2 aromatic heterocycles. The average molecular weight is 383 g/mol. The van der Waals surface area contributed by atoms with Gasteiger partial charge in [-0.25, -0.2) is 4.98 Å². The fourth-order valence-electron chi connectivity index (χ4n) is 2.66. The van der Waals surface area contributed by atoms with E-state index in [1.807, 2.05) is 42.5 Å². The Morgan fingerprint density at radius 2 is 1.88 bits per heavy atom. The molecule has 0 aliphatic heterocycles. The minimum atomic E-state index is -0.246. The van der Waals surface area contributed by atoms with Crippen molar-refractivity contribution < 1.29 is 9.21 Å². The van der Waals surface area contributed by atoms with E-state index in [1.165, 1.54) is 0 Å². The molecule has 0 fully saturated rings. The Morgan fingerprint density at radius 3 is 2.73 bits per heavy atom. The van der Waals surface area contributed by atoms with Crippen molar-refractivity contribution in [2.75, 3.05) is 6.54 Å². The maximum absolute atomic E-state index is 12.3. The SMILES string of the molecule is O=C(NCCc1nc2ccccc2s1)c1ccc(-c2ccccc2Cl)o1. The fraction of sp³-hybridized carbons (Fsp3) is 0.100. The van der Waals surface area contributed by atoms with Crippen molar-refractivity contribution in [1.82, 2.24) is 10.3 Å². The van der Waals surface area contributed by atoms with Crippen molar-refractivity contribution in [2.24, 2.45) is 0 Å². The van der Waals surface area contributed by atoms with Gasteiger partial charge in [-0.05, 0) is 36.4 Å². The number of fused-ring (bicyclic) bond motifs is 1. The standard InChI is InChI=1S/C20H15ClN2O2S/c21-14-6-2-1-5-13(14)16-9-10-17(25-16)20(24)22-12-11-19-23-15-7-3-4-8-18(15)26-19/h1-10H,11-12H2,(H,22,24). The van der Waals surface area contributed by atoms with Gasteiger partial charge >= 0.3 is 0 Å². The molecule has 4 rings (SSSR count). The Balaban J connectivity index is 1.38. The molecule has 26 heavy (non-hydrogen) atoms. The third kappa shape index (κ3) is 3.49. The number of furan rings is 1. The predicted octanol–water partition coefficient (Wildman–Crippen LogP) is 5.18. The lowest BCUT2D eigenvalue weighted by Gasteiger charge is -2.02. The Bertz CT molecular complexity index is 1040. The number of hydrogen-bond acceptors (Lipinski definition) is 4. The largest absolute Gasteiger partial charge is 0.451 e. The number of carbonyl (C=O) groups excluding carboxylic acids is 1. The molecule has 1 N–H and O–H groups in total. The van der Waals surface area contributed by atoms with Crippen LogP contribution < -0.4 is 5.32 Å². The molecule has 130 valence electrons. The number of nitrogens with one attached hydrogen (secondary N) is 1. The molecule has 0 atom stereocenters. The normalized spacial score (nSPS) is 11.0. The number of carbonyl (C=O) groups is 1. The summed E-state index contributed by atoms with van der Waals surface area (Å²) >= 11 is 7.81. The van der Waals surface area contributed by atoms with Crippen LogP contribution in [0.25, 0.3) is 21.5 Å². The van der Waals surface area contributed by atoms with E-state index in [9.17, 15) is 4.79 Å². The quantitative estimate of drug-likeness (QED) is 0.517. The number of thiazole rings is 1. The van der Waals surface area contributed by atoms with Crippen molar-refractivity contribution in [3.8, 4) is 11.3 Å². The lowest BCUT2D eigenvalue weighted by molar-refractivity contribution is 0.0927. The highest BCUT2D eigenvalue weighted by molar-refractivity contribution is 7.18. The molecule has 0 aliphatic carbocycles. The third-order valence-electron chi connectivity index (χ3n) is 3.93. The fourth-order valence-corrected chi connectivity index (χ4v) is 3.86. The number of halogens is 1. The molecule has 0 saturated carbocycles. The van der Waals surface area contributed by atoms with Crippen LogP contribution >= 0.6 is 22.9 Å². The third-order valence-corrected chi connectivity index (χ3v) is 5.36. The zero-order valence-electron chi connectivity index (χ0n) is 13.7. The summed E-state index contributed by atoms with van der Waals surface area (Å²) in [6.07, 6.45) is 0.684. The molecule has 1 amide bonds. The van der Waals surface area contributed by atoms with Crippen LogP contribution in [0, 0.1) is 0 Å². The summed E-state index contributed by atoms with van der Waals surface area (Å²) in [5, 5.41) is 4.46. The molecule has 0 bridgehead atoms. The van der Waals surface area contributed by atoms with Crippen molar-refractivity contribution >= 4 is 39.1 Å². The average Bonchev–Trinajstić information content (AvgIpc) is 3.28. The monoisotopic (exact) mass is 382 g/mol. The minimum absolute atomic E-state index is 0.246. The van der Waals surface area contributed by atoms with Gasteiger partial charge in [0.2, 0.25) is 0 Å². The Kier molecular flexibility index (Phi) is 4.73. The zero-order chi connectivity index (χ0) is 17.9. The van der Waals surface area contributed by atoms with Crippen molar-refractivity contribution in [2.45, 2.75) is 6.42 Å². The van der Waals surface area contributed by atoms with Crippen LogP contribution in [0.5, 0.6) is 0 Å². The minimum Gasteiger partial charge on any atom is -0.451 e. The van der Waals surface area contributed by atoms with Crippen LogP contribution in [-0.2, 0) is 6.42 Å². The van der Waals surface area contributed by atoms with E-state index in [-0.39, 0.29) is 11.7 Å². The van der Waals surface area contributed by atoms with Crippen molar-refractivity contribution in [1.29, 1.82) is 0 Å². The smallest absolute Gasteiger partial charge is 0.287 e. The molecule has 0 saturated heterocycles.